The molecule has 17 heteroatoms. The van der Waals surface area contributed by atoms with Crippen molar-refractivity contribution in [2.75, 3.05) is 0 Å². The van der Waals surface area contributed by atoms with E-state index in [1.54, 1.807) is 24.3 Å². The van der Waals surface area contributed by atoms with Crippen LogP contribution >= 0.6 is 8.17 Å². The fourth-order valence-corrected chi connectivity index (χ4v) is 7.10. The van der Waals surface area contributed by atoms with Crippen LogP contribution in [0.3, 0.4) is 0 Å². The molecule has 0 saturated carbocycles. The Balaban J connectivity index is 1.68. The second kappa shape index (κ2) is 11.6. The van der Waals surface area contributed by atoms with Crippen LogP contribution in [0.4, 0.5) is 37.7 Å². The SMILES string of the molecule is O=[N+]([O-])c1ccc(-c2cc3ccccc3c3c2O[P+]([O-])(O)Oc2c(-c4ccc([N+](=O)[O-])cc4C(F)(F)F)cc4ccccc4c2-3)c(C(F)(F)F)c1. The minimum atomic E-state index is -5.49. The molecule has 0 saturated heterocycles. The van der Waals surface area contributed by atoms with Crippen molar-refractivity contribution >= 4 is 41.1 Å². The first-order chi connectivity index (χ1) is 23.9. The molecule has 0 amide bonds. The Kier molecular flexibility index (Phi) is 7.67. The number of nitro benzene ring substituents is 2. The van der Waals surface area contributed by atoms with E-state index in [1.165, 1.54) is 36.4 Å². The molecular formula is C34H17F6N2O8P. The molecular weight excluding hydrogens is 709 g/mol. The van der Waals surface area contributed by atoms with E-state index in [2.05, 4.69) is 0 Å². The largest absolute Gasteiger partial charge is 0.591 e. The molecule has 0 unspecified atom stereocenters. The Hall–Kier alpha value is -5.83. The summed E-state index contributed by atoms with van der Waals surface area (Å²) in [6.45, 7) is 0. The van der Waals surface area contributed by atoms with Crippen molar-refractivity contribution in [3.05, 3.63) is 128 Å². The number of alkyl halides is 6. The van der Waals surface area contributed by atoms with Gasteiger partial charge in [0.2, 0.25) is 0 Å². The number of hydrogen-bond acceptors (Lipinski definition) is 8. The molecule has 0 fully saturated rings. The predicted molar refractivity (Wildman–Crippen MR) is 171 cm³/mol. The zero-order valence-corrected chi connectivity index (χ0v) is 26.0. The van der Waals surface area contributed by atoms with Gasteiger partial charge in [0.1, 0.15) is 0 Å². The Morgan fingerprint density at radius 1 is 0.569 bits per heavy atom. The number of fused-ring (bicyclic) bond motifs is 7. The van der Waals surface area contributed by atoms with Gasteiger partial charge in [-0.15, -0.1) is 0 Å². The average molecular weight is 726 g/mol. The summed E-state index contributed by atoms with van der Waals surface area (Å²) in [4.78, 5) is 45.7. The average Bonchev–Trinajstić information content (AvgIpc) is 3.19. The fourth-order valence-electron chi connectivity index (χ4n) is 6.22. The first kappa shape index (κ1) is 33.7. The van der Waals surface area contributed by atoms with Crippen molar-refractivity contribution in [3.8, 4) is 44.9 Å². The van der Waals surface area contributed by atoms with Gasteiger partial charge in [-0.2, -0.15) is 31.2 Å². The summed E-state index contributed by atoms with van der Waals surface area (Å²) in [6.07, 6.45) is -10.3. The minimum Gasteiger partial charge on any atom is -0.591 e. The molecule has 7 rings (SSSR count). The third kappa shape index (κ3) is 5.82. The number of phosphoric ester groups is 1. The number of benzene rings is 6. The van der Waals surface area contributed by atoms with Crippen molar-refractivity contribution in [3.63, 3.8) is 0 Å². The molecule has 0 aliphatic carbocycles. The van der Waals surface area contributed by atoms with Gasteiger partial charge in [-0.05, 0) is 56.9 Å². The maximum atomic E-state index is 14.5. The molecule has 1 aliphatic heterocycles. The summed E-state index contributed by atoms with van der Waals surface area (Å²) in [7, 11) is -5.49. The Labute approximate surface area is 281 Å². The first-order valence-corrected chi connectivity index (χ1v) is 16.0. The van der Waals surface area contributed by atoms with Crippen molar-refractivity contribution in [2.45, 2.75) is 12.4 Å². The lowest BCUT2D eigenvalue weighted by Crippen LogP contribution is -2.20. The van der Waals surface area contributed by atoms with Gasteiger partial charge < -0.3 is 4.89 Å². The van der Waals surface area contributed by atoms with Crippen LogP contribution in [0.2, 0.25) is 0 Å². The molecule has 1 heterocycles. The Bertz CT molecular complexity index is 2300. The second-order valence-corrected chi connectivity index (χ2v) is 12.6. The second-order valence-electron chi connectivity index (χ2n) is 11.3. The molecule has 0 aromatic heterocycles. The van der Waals surface area contributed by atoms with Crippen LogP contribution in [0.15, 0.2) is 97.1 Å². The number of non-ortho nitro benzene ring substituents is 2. The fraction of sp³-hybridized carbons (Fsp3) is 0.0588. The summed E-state index contributed by atoms with van der Waals surface area (Å²) in [6, 6.07) is 18.5. The van der Waals surface area contributed by atoms with Gasteiger partial charge in [0.05, 0.1) is 21.0 Å². The van der Waals surface area contributed by atoms with E-state index in [9.17, 15) is 56.4 Å². The molecule has 258 valence electrons. The molecule has 6 aromatic carbocycles. The predicted octanol–water partition coefficient (Wildman–Crippen LogP) is 9.65. The highest BCUT2D eigenvalue weighted by Gasteiger charge is 2.44. The van der Waals surface area contributed by atoms with Crippen molar-refractivity contribution in [1.82, 2.24) is 0 Å². The maximum Gasteiger partial charge on any atom is 0.470 e. The summed E-state index contributed by atoms with van der Waals surface area (Å²) >= 11 is 0. The van der Waals surface area contributed by atoms with Crippen LogP contribution < -0.4 is 13.9 Å². The van der Waals surface area contributed by atoms with E-state index in [0.29, 0.717) is 12.1 Å². The molecule has 0 spiro atoms. The van der Waals surface area contributed by atoms with E-state index in [4.69, 9.17) is 9.05 Å². The molecule has 1 N–H and O–H groups in total. The lowest BCUT2D eigenvalue weighted by atomic mass is 9.85. The number of phosphoric acid groups is 1. The van der Waals surface area contributed by atoms with Crippen LogP contribution in [-0.2, 0) is 12.4 Å². The maximum absolute atomic E-state index is 14.5. The monoisotopic (exact) mass is 726 g/mol. The molecule has 51 heavy (non-hydrogen) atoms. The van der Waals surface area contributed by atoms with E-state index in [1.807, 2.05) is 0 Å². The summed E-state index contributed by atoms with van der Waals surface area (Å²) in [5.74, 6) is -1.25. The van der Waals surface area contributed by atoms with E-state index >= 15 is 0 Å². The molecule has 0 atom stereocenters. The van der Waals surface area contributed by atoms with Crippen molar-refractivity contribution in [2.24, 2.45) is 0 Å². The van der Waals surface area contributed by atoms with Gasteiger partial charge in [0, 0.05) is 46.5 Å². The molecule has 10 nitrogen and oxygen atoms in total. The van der Waals surface area contributed by atoms with E-state index < -0.39 is 86.6 Å². The van der Waals surface area contributed by atoms with Crippen LogP contribution in [0, 0.1) is 20.2 Å². The zero-order chi connectivity index (χ0) is 36.6. The highest BCUT2D eigenvalue weighted by Crippen LogP contribution is 2.63. The summed E-state index contributed by atoms with van der Waals surface area (Å²) in [5.41, 5.74) is -7.21. The van der Waals surface area contributed by atoms with Crippen LogP contribution in [-0.4, -0.2) is 14.7 Å². The van der Waals surface area contributed by atoms with E-state index in [0.717, 1.165) is 24.3 Å². The van der Waals surface area contributed by atoms with Crippen LogP contribution in [0.1, 0.15) is 11.1 Å². The number of halogens is 6. The van der Waals surface area contributed by atoms with Gasteiger partial charge in [0.25, 0.3) is 11.4 Å². The molecule has 6 aromatic rings. The molecule has 0 bridgehead atoms. The smallest absolute Gasteiger partial charge is 0.470 e. The Morgan fingerprint density at radius 3 is 1.29 bits per heavy atom. The lowest BCUT2D eigenvalue weighted by molar-refractivity contribution is -0.385. The summed E-state index contributed by atoms with van der Waals surface area (Å²) < 4.78 is 98.2. The quantitative estimate of drug-likeness (QED) is 0.0817. The van der Waals surface area contributed by atoms with Crippen molar-refractivity contribution < 1.29 is 55.0 Å². The summed E-state index contributed by atoms with van der Waals surface area (Å²) in [5, 5.41) is 23.8. The highest BCUT2D eigenvalue weighted by molar-refractivity contribution is 7.53. The van der Waals surface area contributed by atoms with Crippen LogP contribution in [0.25, 0.3) is 54.9 Å². The number of hydrogen-bond donors (Lipinski definition) is 1. The van der Waals surface area contributed by atoms with Gasteiger partial charge in [-0.1, -0.05) is 48.5 Å². The number of nitro groups is 2. The van der Waals surface area contributed by atoms with Gasteiger partial charge in [0.15, 0.2) is 11.5 Å². The third-order valence-corrected chi connectivity index (χ3v) is 9.11. The van der Waals surface area contributed by atoms with Crippen LogP contribution in [0.5, 0.6) is 11.5 Å². The van der Waals surface area contributed by atoms with Gasteiger partial charge >= 0.3 is 20.5 Å². The topological polar surface area (TPSA) is 148 Å². The first-order valence-electron chi connectivity index (χ1n) is 14.5. The Morgan fingerprint density at radius 2 is 0.941 bits per heavy atom. The molecule has 0 radical (unpaired) electrons. The van der Waals surface area contributed by atoms with Gasteiger partial charge in [-0.25, -0.2) is 0 Å². The highest BCUT2D eigenvalue weighted by atomic mass is 31.2. The normalized spacial score (nSPS) is 13.9. The van der Waals surface area contributed by atoms with E-state index in [-0.39, 0.29) is 32.7 Å². The van der Waals surface area contributed by atoms with Gasteiger partial charge in [-0.3, -0.25) is 29.3 Å². The molecule has 1 aliphatic rings. The third-order valence-electron chi connectivity index (χ3n) is 8.29. The van der Waals surface area contributed by atoms with Crippen molar-refractivity contribution in [1.29, 1.82) is 0 Å². The number of nitrogens with zero attached hydrogens (tertiary/aromatic N) is 2. The number of rotatable bonds is 4. The standard InChI is InChI=1S/C34H17F6N2O8P/c35-33(36,37)27-15-19(41(43)44)9-11-23(27)25-13-17-5-1-3-7-21(17)29-30-22-8-4-2-6-18(22)14-26(32(30)50-51(47,48)49-31(25)29)24-12-10-20(42(45)46)16-28(24)34(38,39)40/h1-16H,(H,47,48). The minimum absolute atomic E-state index is 0.134. The lowest BCUT2D eigenvalue weighted by Gasteiger charge is -2.22. The zero-order valence-electron chi connectivity index (χ0n) is 25.2.